The average Bonchev–Trinajstić information content (AvgIpc) is 3.74. The number of rotatable bonds is 20. The summed E-state index contributed by atoms with van der Waals surface area (Å²) in [6.45, 7) is 0.742. The summed E-state index contributed by atoms with van der Waals surface area (Å²) in [5, 5.41) is 33.0. The summed E-state index contributed by atoms with van der Waals surface area (Å²) in [6, 6.07) is 15.4. The Morgan fingerprint density at radius 3 is 2.42 bits per heavy atom. The van der Waals surface area contributed by atoms with Crippen molar-refractivity contribution in [1.82, 2.24) is 30.2 Å². The number of unbranched alkanes of at least 4 members (excludes halogenated alkanes) is 2. The van der Waals surface area contributed by atoms with E-state index in [1.54, 1.807) is 4.57 Å². The molecule has 0 aliphatic rings. The number of aryl methyl sites for hydroxylation is 1. The van der Waals surface area contributed by atoms with E-state index in [0.717, 1.165) is 35.1 Å². The van der Waals surface area contributed by atoms with Crippen LogP contribution in [-0.2, 0) is 36.9 Å². The van der Waals surface area contributed by atoms with Crippen molar-refractivity contribution in [1.29, 1.82) is 0 Å². The number of nitrogens with one attached hydrogen (secondary N) is 1. The second-order valence-electron chi connectivity index (χ2n) is 10.6. The molecule has 0 radical (unpaired) electrons. The number of esters is 1. The molecule has 0 amide bonds. The number of benzene rings is 2. The van der Waals surface area contributed by atoms with E-state index < -0.39 is 41.8 Å². The monoisotopic (exact) mass is 716 g/mol. The predicted molar refractivity (Wildman–Crippen MR) is 171 cm³/mol. The molecule has 0 unspecified atom stereocenters. The molecule has 4 aromatic rings. The highest BCUT2D eigenvalue weighted by atomic mass is 35.5. The third kappa shape index (κ3) is 10.8. The van der Waals surface area contributed by atoms with Gasteiger partial charge in [0.2, 0.25) is 12.6 Å². The van der Waals surface area contributed by atoms with E-state index in [1.165, 1.54) is 0 Å². The first-order chi connectivity index (χ1) is 24.2. The number of hydrogen-bond donors (Lipinski definition) is 1. The fraction of sp³-hybridized carbons (Fsp3) is 0.400. The lowest BCUT2D eigenvalue weighted by atomic mass is 9.98. The number of hydrogen-bond acceptors (Lipinski definition) is 15. The Morgan fingerprint density at radius 2 is 1.74 bits per heavy atom. The molecule has 0 aliphatic carbocycles. The van der Waals surface area contributed by atoms with E-state index in [0.29, 0.717) is 18.1 Å². The van der Waals surface area contributed by atoms with Crippen molar-refractivity contribution in [2.24, 2.45) is 0 Å². The fourth-order valence-corrected chi connectivity index (χ4v) is 5.12. The van der Waals surface area contributed by atoms with Gasteiger partial charge in [-0.25, -0.2) is 14.6 Å². The Labute approximate surface area is 289 Å². The fourth-order valence-electron chi connectivity index (χ4n) is 4.84. The number of imidazole rings is 1. The zero-order chi connectivity index (χ0) is 35.9. The largest absolute Gasteiger partial charge is 0.511 e. The number of aromatic nitrogens is 6. The maximum absolute atomic E-state index is 13.1. The van der Waals surface area contributed by atoms with Crippen LogP contribution in [-0.4, -0.2) is 78.6 Å². The summed E-state index contributed by atoms with van der Waals surface area (Å²) < 4.78 is 16.6. The van der Waals surface area contributed by atoms with Crippen molar-refractivity contribution >= 4 is 23.7 Å². The molecule has 0 aliphatic heterocycles. The lowest BCUT2D eigenvalue weighted by Crippen LogP contribution is -2.24. The van der Waals surface area contributed by atoms with Gasteiger partial charge in [0, 0.05) is 18.5 Å². The zero-order valence-electron chi connectivity index (χ0n) is 26.8. The molecule has 0 spiro atoms. The van der Waals surface area contributed by atoms with Gasteiger partial charge in [-0.1, -0.05) is 73.5 Å². The summed E-state index contributed by atoms with van der Waals surface area (Å²) >= 11 is 6.41. The molecule has 266 valence electrons. The summed E-state index contributed by atoms with van der Waals surface area (Å²) in [5.74, 6) is 0.193. The number of carbonyl (C=O) groups excluding carboxylic acids is 2. The Morgan fingerprint density at radius 1 is 0.980 bits per heavy atom. The van der Waals surface area contributed by atoms with Crippen molar-refractivity contribution in [2.75, 3.05) is 20.0 Å². The van der Waals surface area contributed by atoms with Gasteiger partial charge >= 0.3 is 12.1 Å². The van der Waals surface area contributed by atoms with Crippen LogP contribution < -0.4 is 0 Å². The highest BCUT2D eigenvalue weighted by Crippen LogP contribution is 2.30. The molecule has 0 saturated carbocycles. The third-order valence-corrected chi connectivity index (χ3v) is 7.44. The maximum atomic E-state index is 13.1. The van der Waals surface area contributed by atoms with E-state index in [1.807, 2.05) is 55.5 Å². The molecular weight excluding hydrogens is 684 g/mol. The van der Waals surface area contributed by atoms with Gasteiger partial charge in [-0.15, -0.1) is 30.4 Å². The number of tetrazole rings is 1. The Bertz CT molecular complexity index is 1740. The van der Waals surface area contributed by atoms with Crippen LogP contribution in [0.5, 0.6) is 0 Å². The van der Waals surface area contributed by atoms with Crippen LogP contribution in [0.1, 0.15) is 60.9 Å². The molecule has 50 heavy (non-hydrogen) atoms. The van der Waals surface area contributed by atoms with Crippen LogP contribution in [0.4, 0.5) is 4.79 Å². The second-order valence-corrected chi connectivity index (χ2v) is 11.0. The van der Waals surface area contributed by atoms with Crippen molar-refractivity contribution in [3.05, 3.63) is 91.0 Å². The van der Waals surface area contributed by atoms with E-state index >= 15 is 0 Å². The topological polar surface area (TPSA) is 239 Å². The molecule has 2 aromatic carbocycles. The van der Waals surface area contributed by atoms with E-state index in [2.05, 4.69) is 35.3 Å². The van der Waals surface area contributed by atoms with Gasteiger partial charge in [-0.05, 0) is 47.6 Å². The van der Waals surface area contributed by atoms with Crippen LogP contribution >= 0.6 is 11.6 Å². The number of nitrogens with zero attached hydrogens (tertiary/aromatic N) is 7. The highest BCUT2D eigenvalue weighted by Gasteiger charge is 2.24. The number of aromatic amines is 1. The molecule has 1 atom stereocenters. The van der Waals surface area contributed by atoms with Crippen molar-refractivity contribution in [2.45, 2.75) is 58.1 Å². The van der Waals surface area contributed by atoms with Gasteiger partial charge in [-0.2, -0.15) is 5.21 Å². The number of H-pyrrole nitrogens is 1. The predicted octanol–water partition coefficient (Wildman–Crippen LogP) is 5.00. The summed E-state index contributed by atoms with van der Waals surface area (Å²) in [7, 11) is 0. The number of halogens is 1. The minimum atomic E-state index is -1.17. The lowest BCUT2D eigenvalue weighted by Gasteiger charge is -2.14. The normalized spacial score (nSPS) is 11.4. The third-order valence-electron chi connectivity index (χ3n) is 7.18. The van der Waals surface area contributed by atoms with Crippen molar-refractivity contribution < 1.29 is 43.6 Å². The van der Waals surface area contributed by atoms with Crippen LogP contribution in [0.25, 0.3) is 22.5 Å². The summed E-state index contributed by atoms with van der Waals surface area (Å²) in [4.78, 5) is 58.9. The Kier molecular flexibility index (Phi) is 13.8. The Hall–Kier alpha value is -5.85. The average molecular weight is 717 g/mol. The molecule has 20 heteroatoms. The van der Waals surface area contributed by atoms with Crippen LogP contribution in [0, 0.1) is 20.2 Å². The standard InChI is InChI=1S/C30H33ClN8O11/c1-2-3-11-25-32-27(31)26(29(40)47-19-48-30(41)46-16-7-6-8-22(50-39(44)45)18-49-38(42)43)37(25)17-20-12-14-21(15-13-20)23-9-4-5-10-24(23)28-33-35-36-34-28/h4-5,9-10,12-15,22H,2-3,6-8,11,16-19H2,1H3,(H,33,34,35,36)/t22-/m0/s1. The van der Waals surface area contributed by atoms with E-state index in [9.17, 15) is 29.8 Å². The minimum Gasteiger partial charge on any atom is -0.434 e. The second kappa shape index (κ2) is 18.6. The molecule has 0 fully saturated rings. The summed E-state index contributed by atoms with van der Waals surface area (Å²) in [6.07, 6.45) is 0.458. The molecule has 2 heterocycles. The minimum absolute atomic E-state index is 0.00572. The number of carbonyl (C=O) groups is 2. The van der Waals surface area contributed by atoms with Crippen LogP contribution in [0.15, 0.2) is 48.5 Å². The van der Waals surface area contributed by atoms with Crippen molar-refractivity contribution in [3.63, 3.8) is 0 Å². The first kappa shape index (κ1) is 37.0. The maximum Gasteiger partial charge on any atom is 0.511 e. The summed E-state index contributed by atoms with van der Waals surface area (Å²) in [5.41, 5.74) is 3.49. The molecule has 0 bridgehead atoms. The van der Waals surface area contributed by atoms with Gasteiger partial charge in [0.15, 0.2) is 10.8 Å². The Balaban J connectivity index is 1.32. The van der Waals surface area contributed by atoms with Crippen LogP contribution in [0.2, 0.25) is 5.15 Å². The molecule has 2 aromatic heterocycles. The van der Waals surface area contributed by atoms with Gasteiger partial charge in [-0.3, -0.25) is 0 Å². The van der Waals surface area contributed by atoms with Crippen LogP contribution in [0.3, 0.4) is 0 Å². The molecule has 19 nitrogen and oxygen atoms in total. The first-order valence-corrected chi connectivity index (χ1v) is 15.8. The lowest BCUT2D eigenvalue weighted by molar-refractivity contribution is -0.790. The molecule has 4 rings (SSSR count). The molecule has 0 saturated heterocycles. The van der Waals surface area contributed by atoms with E-state index in [-0.39, 0.29) is 43.3 Å². The van der Waals surface area contributed by atoms with Gasteiger partial charge < -0.3 is 28.5 Å². The highest BCUT2D eigenvalue weighted by molar-refractivity contribution is 6.32. The SMILES string of the molecule is CCCCc1nc(Cl)c(C(=O)OCOC(=O)OCCCC[C@@H](CO[N+](=O)[O-])O[N+](=O)[O-])n1Cc1ccc(-c2ccccc2-c2nn[nH]n2)cc1. The van der Waals surface area contributed by atoms with Gasteiger partial charge in [0.25, 0.3) is 10.2 Å². The molecular formula is C30H33ClN8O11. The number of ether oxygens (including phenoxy) is 3. The van der Waals surface area contributed by atoms with E-state index in [4.69, 9.17) is 25.8 Å². The smallest absolute Gasteiger partial charge is 0.434 e. The first-order valence-electron chi connectivity index (χ1n) is 15.4. The molecule has 1 N–H and O–H groups in total. The van der Waals surface area contributed by atoms with Gasteiger partial charge in [0.1, 0.15) is 18.5 Å². The van der Waals surface area contributed by atoms with Crippen molar-refractivity contribution in [3.8, 4) is 22.5 Å². The quantitative estimate of drug-likeness (QED) is 0.0416. The zero-order valence-corrected chi connectivity index (χ0v) is 27.5. The van der Waals surface area contributed by atoms with Gasteiger partial charge in [0.05, 0.1) is 6.61 Å².